The predicted octanol–water partition coefficient (Wildman–Crippen LogP) is 2.53. The number of rotatable bonds is 1. The first-order valence-corrected chi connectivity index (χ1v) is 4.89. The van der Waals surface area contributed by atoms with Gasteiger partial charge in [0.15, 0.2) is 0 Å². The van der Waals surface area contributed by atoms with Crippen LogP contribution in [0.15, 0.2) is 5.38 Å². The second-order valence-corrected chi connectivity index (χ2v) is 5.12. The average molecular weight is 185 g/mol. The first kappa shape index (κ1) is 9.68. The summed E-state index contributed by atoms with van der Waals surface area (Å²) >= 11 is 1.58. The normalized spacial score (nSPS) is 14.8. The summed E-state index contributed by atoms with van der Waals surface area (Å²) in [5.74, 6) is 0. The lowest BCUT2D eigenvalue weighted by molar-refractivity contribution is 0.0594. The van der Waals surface area contributed by atoms with Gasteiger partial charge in [-0.2, -0.15) is 0 Å². The third kappa shape index (κ3) is 2.05. The van der Waals surface area contributed by atoms with Gasteiger partial charge in [-0.1, -0.05) is 20.8 Å². The van der Waals surface area contributed by atoms with Crippen molar-refractivity contribution in [3.8, 4) is 0 Å². The summed E-state index contributed by atoms with van der Waals surface area (Å²) in [6.45, 7) is 7.97. The molecule has 2 nitrogen and oxygen atoms in total. The van der Waals surface area contributed by atoms with E-state index in [-0.39, 0.29) is 5.41 Å². The quantitative estimate of drug-likeness (QED) is 0.729. The maximum Gasteiger partial charge on any atom is 0.102 e. The highest BCUT2D eigenvalue weighted by atomic mass is 32.1. The lowest BCUT2D eigenvalue weighted by Gasteiger charge is -2.23. The predicted molar refractivity (Wildman–Crippen MR) is 51.3 cm³/mol. The minimum absolute atomic E-state index is 0.124. The van der Waals surface area contributed by atoms with Crippen LogP contribution in [0, 0.1) is 12.3 Å². The molecule has 1 aromatic heterocycles. The minimum atomic E-state index is -0.456. The van der Waals surface area contributed by atoms with E-state index in [0.29, 0.717) is 0 Å². The molecule has 0 bridgehead atoms. The largest absolute Gasteiger partial charge is 0.386 e. The maximum absolute atomic E-state index is 9.81. The SMILES string of the molecule is Cc1nc(C(O)C(C)(C)C)cs1. The summed E-state index contributed by atoms with van der Waals surface area (Å²) in [5.41, 5.74) is 0.672. The summed E-state index contributed by atoms with van der Waals surface area (Å²) in [6.07, 6.45) is -0.456. The monoisotopic (exact) mass is 185 g/mol. The van der Waals surface area contributed by atoms with E-state index >= 15 is 0 Å². The van der Waals surface area contributed by atoms with Crippen LogP contribution in [-0.2, 0) is 0 Å². The fourth-order valence-electron chi connectivity index (χ4n) is 0.949. The second kappa shape index (κ2) is 3.15. The zero-order valence-electron chi connectivity index (χ0n) is 7.96. The second-order valence-electron chi connectivity index (χ2n) is 4.06. The van der Waals surface area contributed by atoms with Crippen LogP contribution in [0.25, 0.3) is 0 Å². The summed E-state index contributed by atoms with van der Waals surface area (Å²) in [7, 11) is 0. The fourth-order valence-corrected chi connectivity index (χ4v) is 1.58. The Balaban J connectivity index is 2.85. The molecule has 68 valence electrons. The van der Waals surface area contributed by atoms with E-state index in [4.69, 9.17) is 0 Å². The number of aryl methyl sites for hydroxylation is 1. The van der Waals surface area contributed by atoms with E-state index < -0.39 is 6.10 Å². The molecule has 0 aromatic carbocycles. The van der Waals surface area contributed by atoms with Crippen LogP contribution in [0.2, 0.25) is 0 Å². The van der Waals surface area contributed by atoms with Gasteiger partial charge in [0.05, 0.1) is 10.7 Å². The number of aromatic nitrogens is 1. The van der Waals surface area contributed by atoms with Gasteiger partial charge in [0, 0.05) is 5.38 Å². The molecule has 0 aliphatic rings. The molecule has 0 fully saturated rings. The van der Waals surface area contributed by atoms with Crippen molar-refractivity contribution in [3.05, 3.63) is 16.1 Å². The third-order valence-corrected chi connectivity index (χ3v) is 2.53. The minimum Gasteiger partial charge on any atom is -0.386 e. The number of nitrogens with zero attached hydrogens (tertiary/aromatic N) is 1. The van der Waals surface area contributed by atoms with Gasteiger partial charge in [0.2, 0.25) is 0 Å². The Morgan fingerprint density at radius 1 is 1.50 bits per heavy atom. The lowest BCUT2D eigenvalue weighted by Crippen LogP contribution is -2.18. The Morgan fingerprint density at radius 2 is 2.08 bits per heavy atom. The molecule has 1 rings (SSSR count). The summed E-state index contributed by atoms with van der Waals surface area (Å²) < 4.78 is 0. The molecule has 3 heteroatoms. The van der Waals surface area contributed by atoms with Crippen molar-refractivity contribution in [2.45, 2.75) is 33.8 Å². The summed E-state index contributed by atoms with van der Waals surface area (Å²) in [4.78, 5) is 4.25. The van der Waals surface area contributed by atoms with Gasteiger partial charge in [0.1, 0.15) is 6.10 Å². The van der Waals surface area contributed by atoms with Crippen LogP contribution < -0.4 is 0 Å². The Labute approximate surface area is 77.3 Å². The first-order chi connectivity index (χ1) is 5.41. The topological polar surface area (TPSA) is 33.1 Å². The van der Waals surface area contributed by atoms with Crippen LogP contribution in [0.3, 0.4) is 0 Å². The van der Waals surface area contributed by atoms with Gasteiger partial charge < -0.3 is 5.11 Å². The number of aliphatic hydroxyl groups is 1. The van der Waals surface area contributed by atoms with Crippen molar-refractivity contribution >= 4 is 11.3 Å². The van der Waals surface area contributed by atoms with E-state index in [2.05, 4.69) is 4.98 Å². The van der Waals surface area contributed by atoms with Gasteiger partial charge in [0.25, 0.3) is 0 Å². The molecule has 0 aliphatic carbocycles. The zero-order valence-corrected chi connectivity index (χ0v) is 8.77. The molecule has 1 heterocycles. The van der Waals surface area contributed by atoms with Crippen LogP contribution in [0.5, 0.6) is 0 Å². The Kier molecular flexibility index (Phi) is 2.54. The average Bonchev–Trinajstić information content (AvgIpc) is 2.32. The zero-order chi connectivity index (χ0) is 9.35. The van der Waals surface area contributed by atoms with Crippen LogP contribution in [0.1, 0.15) is 37.6 Å². The molecular formula is C9H15NOS. The molecule has 1 N–H and O–H groups in total. The van der Waals surface area contributed by atoms with E-state index in [1.54, 1.807) is 11.3 Å². The van der Waals surface area contributed by atoms with Crippen molar-refractivity contribution in [1.29, 1.82) is 0 Å². The lowest BCUT2D eigenvalue weighted by atomic mass is 9.88. The van der Waals surface area contributed by atoms with E-state index in [1.807, 2.05) is 33.1 Å². The van der Waals surface area contributed by atoms with Gasteiger partial charge in [-0.25, -0.2) is 4.98 Å². The molecule has 0 saturated heterocycles. The molecule has 0 saturated carbocycles. The van der Waals surface area contributed by atoms with Crippen molar-refractivity contribution in [2.24, 2.45) is 5.41 Å². The highest BCUT2D eigenvalue weighted by molar-refractivity contribution is 7.09. The Bertz CT molecular complexity index is 262. The van der Waals surface area contributed by atoms with Crippen molar-refractivity contribution in [2.75, 3.05) is 0 Å². The molecule has 0 aliphatic heterocycles. The number of hydrogen-bond donors (Lipinski definition) is 1. The molecule has 0 radical (unpaired) electrons. The fraction of sp³-hybridized carbons (Fsp3) is 0.667. The van der Waals surface area contributed by atoms with Crippen LogP contribution in [0.4, 0.5) is 0 Å². The molecule has 1 unspecified atom stereocenters. The molecule has 0 amide bonds. The smallest absolute Gasteiger partial charge is 0.102 e. The molecule has 0 spiro atoms. The molecule has 1 aromatic rings. The van der Waals surface area contributed by atoms with E-state index in [1.165, 1.54) is 0 Å². The van der Waals surface area contributed by atoms with Crippen molar-refractivity contribution < 1.29 is 5.11 Å². The summed E-state index contributed by atoms with van der Waals surface area (Å²) in [5, 5.41) is 12.7. The van der Waals surface area contributed by atoms with Crippen LogP contribution >= 0.6 is 11.3 Å². The maximum atomic E-state index is 9.81. The van der Waals surface area contributed by atoms with Crippen LogP contribution in [-0.4, -0.2) is 10.1 Å². The van der Waals surface area contributed by atoms with E-state index in [9.17, 15) is 5.11 Å². The first-order valence-electron chi connectivity index (χ1n) is 4.01. The summed E-state index contributed by atoms with van der Waals surface area (Å²) in [6, 6.07) is 0. The number of hydrogen-bond acceptors (Lipinski definition) is 3. The van der Waals surface area contributed by atoms with Gasteiger partial charge in [-0.3, -0.25) is 0 Å². The van der Waals surface area contributed by atoms with E-state index in [0.717, 1.165) is 10.7 Å². The van der Waals surface area contributed by atoms with Gasteiger partial charge in [-0.15, -0.1) is 11.3 Å². The third-order valence-electron chi connectivity index (χ3n) is 1.74. The van der Waals surface area contributed by atoms with Crippen molar-refractivity contribution in [3.63, 3.8) is 0 Å². The Hall–Kier alpha value is -0.410. The Morgan fingerprint density at radius 3 is 2.42 bits per heavy atom. The highest BCUT2D eigenvalue weighted by Crippen LogP contribution is 2.32. The number of thiazole rings is 1. The molecule has 1 atom stereocenters. The number of aliphatic hydroxyl groups excluding tert-OH is 1. The molecular weight excluding hydrogens is 170 g/mol. The van der Waals surface area contributed by atoms with Gasteiger partial charge >= 0.3 is 0 Å². The highest BCUT2D eigenvalue weighted by Gasteiger charge is 2.25. The van der Waals surface area contributed by atoms with Crippen molar-refractivity contribution in [1.82, 2.24) is 4.98 Å². The van der Waals surface area contributed by atoms with Gasteiger partial charge in [-0.05, 0) is 12.3 Å². The molecule has 12 heavy (non-hydrogen) atoms. The standard InChI is InChI=1S/C9H15NOS/c1-6-10-7(5-12-6)8(11)9(2,3)4/h5,8,11H,1-4H3.